The molecule has 156 valence electrons. The highest BCUT2D eigenvalue weighted by atomic mass is 32.2. The van der Waals surface area contributed by atoms with Crippen molar-refractivity contribution in [3.05, 3.63) is 41.2 Å². The molecule has 13 heteroatoms. The quantitative estimate of drug-likeness (QED) is 0.684. The molecule has 2 N–H and O–H groups in total. The van der Waals surface area contributed by atoms with E-state index in [1.807, 2.05) is 0 Å². The van der Waals surface area contributed by atoms with Crippen LogP contribution in [0.25, 0.3) is 0 Å². The number of fused-ring (bicyclic) bond motifs is 1. The number of carbonyl (C=O) groups excluding carboxylic acids is 1. The van der Waals surface area contributed by atoms with Gasteiger partial charge in [-0.3, -0.25) is 5.32 Å². The molecule has 0 saturated heterocycles. The van der Waals surface area contributed by atoms with Gasteiger partial charge in [-0.15, -0.1) is 0 Å². The van der Waals surface area contributed by atoms with Crippen LogP contribution in [0.2, 0.25) is 0 Å². The number of carbonyl (C=O) groups is 1. The first-order valence-electron chi connectivity index (χ1n) is 8.30. The zero-order valence-corrected chi connectivity index (χ0v) is 17.5. The lowest BCUT2D eigenvalue weighted by molar-refractivity contribution is 0.181. The first-order valence-corrected chi connectivity index (χ1v) is 11.2. The van der Waals surface area contributed by atoms with Crippen molar-refractivity contribution in [1.29, 1.82) is 0 Å². The number of methoxy groups -OCH3 is 1. The van der Waals surface area contributed by atoms with E-state index in [4.69, 9.17) is 4.74 Å². The largest absolute Gasteiger partial charge is 0.378 e. The summed E-state index contributed by atoms with van der Waals surface area (Å²) in [6, 6.07) is 4.59. The lowest BCUT2D eigenvalue weighted by Gasteiger charge is -2.12. The Kier molecular flexibility index (Phi) is 5.58. The van der Waals surface area contributed by atoms with Gasteiger partial charge in [-0.25, -0.2) is 36.3 Å². The fourth-order valence-electron chi connectivity index (χ4n) is 2.89. The molecule has 0 atom stereocenters. The molecule has 0 spiro atoms. The Bertz CT molecular complexity index is 1180. The van der Waals surface area contributed by atoms with Gasteiger partial charge in [-0.2, -0.15) is 4.31 Å². The number of benzene rings is 1. The Morgan fingerprint density at radius 1 is 1.31 bits per heavy atom. The summed E-state index contributed by atoms with van der Waals surface area (Å²) in [5, 5.41) is 2.24. The lowest BCUT2D eigenvalue weighted by atomic mass is 10.2. The molecule has 0 bridgehead atoms. The van der Waals surface area contributed by atoms with Crippen molar-refractivity contribution in [3.8, 4) is 0 Å². The van der Waals surface area contributed by atoms with E-state index in [-0.39, 0.29) is 24.0 Å². The second-order valence-electron chi connectivity index (χ2n) is 6.32. The molecule has 0 fully saturated rings. The van der Waals surface area contributed by atoms with Gasteiger partial charge in [-0.05, 0) is 24.6 Å². The van der Waals surface area contributed by atoms with Crippen LogP contribution in [-0.4, -0.2) is 51.3 Å². The highest BCUT2D eigenvalue weighted by molar-refractivity contribution is 7.92. The van der Waals surface area contributed by atoms with Crippen LogP contribution in [0.3, 0.4) is 0 Å². The maximum Gasteiger partial charge on any atom is 0.335 e. The Hall–Kier alpha value is -2.61. The van der Waals surface area contributed by atoms with E-state index >= 15 is 0 Å². The summed E-state index contributed by atoms with van der Waals surface area (Å²) in [6.07, 6.45) is 0. The second-order valence-corrected chi connectivity index (χ2v) is 9.95. The molecule has 0 radical (unpaired) electrons. The zero-order valence-electron chi connectivity index (χ0n) is 15.8. The van der Waals surface area contributed by atoms with Crippen molar-refractivity contribution >= 4 is 32.0 Å². The van der Waals surface area contributed by atoms with Gasteiger partial charge in [-0.1, -0.05) is 12.1 Å². The van der Waals surface area contributed by atoms with Crippen molar-refractivity contribution in [3.63, 3.8) is 0 Å². The molecule has 0 saturated carbocycles. The summed E-state index contributed by atoms with van der Waals surface area (Å²) in [6.45, 7) is 1.90. The van der Waals surface area contributed by atoms with Crippen molar-refractivity contribution in [2.45, 2.75) is 29.9 Å². The van der Waals surface area contributed by atoms with Crippen LogP contribution in [-0.2, 0) is 37.9 Å². The summed E-state index contributed by atoms with van der Waals surface area (Å²) in [7, 11) is -5.62. The second kappa shape index (κ2) is 7.67. The van der Waals surface area contributed by atoms with Crippen LogP contribution in [0.5, 0.6) is 0 Å². The summed E-state index contributed by atoms with van der Waals surface area (Å²) in [5.74, 6) is -0.115. The first-order chi connectivity index (χ1) is 13.5. The van der Waals surface area contributed by atoms with Gasteiger partial charge in [0.2, 0.25) is 16.0 Å². The highest BCUT2D eigenvalue weighted by Crippen LogP contribution is 2.34. The number of sulfonamides is 2. The van der Waals surface area contributed by atoms with Crippen LogP contribution in [0.15, 0.2) is 34.1 Å². The first kappa shape index (κ1) is 21.1. The molecule has 0 aliphatic carbocycles. The number of rotatable bonds is 5. The van der Waals surface area contributed by atoms with Gasteiger partial charge in [0.05, 0.1) is 12.3 Å². The Labute approximate surface area is 168 Å². The van der Waals surface area contributed by atoms with Crippen LogP contribution in [0, 0.1) is 6.92 Å². The molecular formula is C16H19N5O6S2. The molecule has 1 aliphatic rings. The topological polar surface area (TPSA) is 148 Å². The highest BCUT2D eigenvalue weighted by Gasteiger charge is 2.38. The summed E-state index contributed by atoms with van der Waals surface area (Å²) in [4.78, 5) is 19.5. The fraction of sp³-hybridized carbons (Fsp3) is 0.312. The van der Waals surface area contributed by atoms with Crippen molar-refractivity contribution in [1.82, 2.24) is 19.0 Å². The number of nitrogens with one attached hydrogen (secondary N) is 2. The number of hydrogen-bond donors (Lipinski definition) is 2. The molecule has 1 aliphatic heterocycles. The molecule has 0 unspecified atom stereocenters. The molecule has 1 aromatic heterocycles. The van der Waals surface area contributed by atoms with Gasteiger partial charge in [0.1, 0.15) is 9.79 Å². The van der Waals surface area contributed by atoms with E-state index in [1.54, 1.807) is 17.7 Å². The number of aromatic nitrogens is 2. The maximum absolute atomic E-state index is 12.7. The maximum atomic E-state index is 12.7. The molecule has 1 aromatic carbocycles. The zero-order chi connectivity index (χ0) is 21.4. The average molecular weight is 441 g/mol. The number of hydrogen-bond acceptors (Lipinski definition) is 8. The predicted molar refractivity (Wildman–Crippen MR) is 102 cm³/mol. The number of urea groups is 1. The van der Waals surface area contributed by atoms with Crippen LogP contribution >= 0.6 is 0 Å². The predicted octanol–water partition coefficient (Wildman–Crippen LogP) is 0.576. The summed E-state index contributed by atoms with van der Waals surface area (Å²) < 4.78 is 58.2. The third-order valence-corrected chi connectivity index (χ3v) is 7.51. The Morgan fingerprint density at radius 3 is 2.72 bits per heavy atom. The van der Waals surface area contributed by atoms with Gasteiger partial charge in [0.25, 0.3) is 10.0 Å². The van der Waals surface area contributed by atoms with Gasteiger partial charge < -0.3 is 4.74 Å². The van der Waals surface area contributed by atoms with E-state index in [0.717, 1.165) is 10.4 Å². The molecule has 2 heterocycles. The van der Waals surface area contributed by atoms with Crippen molar-refractivity contribution in [2.75, 3.05) is 19.5 Å². The SMILES string of the molecule is COCc1cc(C)nc(NC(=O)NS(=O)(=O)c2cccc3c2S(=O)(=O)N(C)C3)n1. The van der Waals surface area contributed by atoms with Crippen molar-refractivity contribution in [2.24, 2.45) is 0 Å². The number of ether oxygens (including phenoxy) is 1. The smallest absolute Gasteiger partial charge is 0.335 e. The minimum Gasteiger partial charge on any atom is -0.378 e. The van der Waals surface area contributed by atoms with Crippen LogP contribution < -0.4 is 10.0 Å². The van der Waals surface area contributed by atoms with Crippen LogP contribution in [0.1, 0.15) is 17.0 Å². The monoisotopic (exact) mass is 441 g/mol. The molecule has 3 rings (SSSR count). The summed E-state index contributed by atoms with van der Waals surface area (Å²) in [5.41, 5.74) is 1.37. The number of anilines is 1. The third-order valence-electron chi connectivity index (χ3n) is 4.06. The molecular weight excluding hydrogens is 422 g/mol. The van der Waals surface area contributed by atoms with E-state index < -0.39 is 31.0 Å². The van der Waals surface area contributed by atoms with E-state index in [9.17, 15) is 21.6 Å². The summed E-state index contributed by atoms with van der Waals surface area (Å²) >= 11 is 0. The third kappa shape index (κ3) is 4.22. The lowest BCUT2D eigenvalue weighted by Crippen LogP contribution is -2.35. The Balaban J connectivity index is 1.87. The molecule has 2 aromatic rings. The van der Waals surface area contributed by atoms with E-state index in [2.05, 4.69) is 15.3 Å². The van der Waals surface area contributed by atoms with E-state index in [1.165, 1.54) is 26.3 Å². The minimum absolute atomic E-state index is 0.0482. The Morgan fingerprint density at radius 2 is 2.03 bits per heavy atom. The number of nitrogens with zero attached hydrogens (tertiary/aromatic N) is 3. The normalized spacial score (nSPS) is 15.7. The minimum atomic E-state index is -4.48. The van der Waals surface area contributed by atoms with Crippen LogP contribution in [0.4, 0.5) is 10.7 Å². The number of aryl methyl sites for hydroxylation is 1. The fourth-order valence-corrected chi connectivity index (χ4v) is 5.98. The van der Waals surface area contributed by atoms with Crippen molar-refractivity contribution < 1.29 is 26.4 Å². The molecule has 11 nitrogen and oxygen atoms in total. The van der Waals surface area contributed by atoms with Gasteiger partial charge in [0, 0.05) is 26.4 Å². The standard InChI is InChI=1S/C16H19N5O6S2/c1-10-7-12(9-27-3)18-15(17-10)19-16(22)20-28(23,24)13-6-4-5-11-8-21(2)29(25,26)14(11)13/h4-7H,8-9H2,1-3H3,(H2,17,18,19,20,22). The molecule has 2 amide bonds. The molecule has 29 heavy (non-hydrogen) atoms. The van der Waals surface area contributed by atoms with E-state index in [0.29, 0.717) is 17.0 Å². The average Bonchev–Trinajstić information content (AvgIpc) is 2.83. The van der Waals surface area contributed by atoms with Gasteiger partial charge in [0.15, 0.2) is 0 Å². The number of amides is 2. The van der Waals surface area contributed by atoms with Gasteiger partial charge >= 0.3 is 6.03 Å².